The lowest BCUT2D eigenvalue weighted by atomic mass is 9.84. The summed E-state index contributed by atoms with van der Waals surface area (Å²) in [6, 6.07) is 11.5. The van der Waals surface area contributed by atoms with Crippen molar-refractivity contribution in [1.29, 1.82) is 0 Å². The number of hydrogen-bond donors (Lipinski definition) is 1. The molecule has 0 saturated carbocycles. The van der Waals surface area contributed by atoms with Crippen LogP contribution in [-0.2, 0) is 25.5 Å². The molecule has 1 N–H and O–H groups in total. The van der Waals surface area contributed by atoms with E-state index in [1.54, 1.807) is 41.9 Å². The van der Waals surface area contributed by atoms with Crippen LogP contribution in [0.1, 0.15) is 50.4 Å². The van der Waals surface area contributed by atoms with Crippen molar-refractivity contribution >= 4 is 18.0 Å². The van der Waals surface area contributed by atoms with E-state index in [9.17, 15) is 14.4 Å². The van der Waals surface area contributed by atoms with Gasteiger partial charge in [0.05, 0.1) is 26.9 Å². The van der Waals surface area contributed by atoms with Crippen molar-refractivity contribution in [3.05, 3.63) is 59.2 Å². The Balaban J connectivity index is 2.09. The van der Waals surface area contributed by atoms with Gasteiger partial charge in [-0.15, -0.1) is 0 Å². The van der Waals surface area contributed by atoms with Crippen molar-refractivity contribution in [2.75, 3.05) is 27.4 Å². The standard InChI is InChI=1S/C27H34N2O7/c1-7-35-25(31)20-13-18-14-21(33-5)22(34-6)15-19(18)24(17-11-9-8-10-12-17)29(20)23(30)16-28-26(32)36-27(2,3)4/h8-12,14-15,20,24H,7,13,16H2,1-6H3,(H,28,32). The van der Waals surface area contributed by atoms with Crippen molar-refractivity contribution in [3.63, 3.8) is 0 Å². The van der Waals surface area contributed by atoms with Gasteiger partial charge in [-0.2, -0.15) is 0 Å². The van der Waals surface area contributed by atoms with Crippen LogP contribution >= 0.6 is 0 Å². The molecule has 1 aliphatic heterocycles. The fourth-order valence-corrected chi connectivity index (χ4v) is 4.29. The SMILES string of the molecule is CCOC(=O)C1Cc2cc(OC)c(OC)cc2C(c2ccccc2)N1C(=O)CNC(=O)OC(C)(C)C. The predicted molar refractivity (Wildman–Crippen MR) is 133 cm³/mol. The maximum Gasteiger partial charge on any atom is 0.408 e. The highest BCUT2D eigenvalue weighted by molar-refractivity contribution is 5.89. The highest BCUT2D eigenvalue weighted by Gasteiger charge is 2.43. The van der Waals surface area contributed by atoms with Gasteiger partial charge in [0.1, 0.15) is 18.2 Å². The third kappa shape index (κ3) is 6.08. The number of fused-ring (bicyclic) bond motifs is 1. The molecule has 194 valence electrons. The molecule has 2 unspecified atom stereocenters. The molecule has 0 fully saturated rings. The molecule has 1 heterocycles. The molecular formula is C27H34N2O7. The lowest BCUT2D eigenvalue weighted by molar-refractivity contribution is -0.156. The van der Waals surface area contributed by atoms with Crippen molar-refractivity contribution in [2.24, 2.45) is 0 Å². The van der Waals surface area contributed by atoms with E-state index >= 15 is 0 Å². The minimum absolute atomic E-state index is 0.169. The molecule has 9 heteroatoms. The summed E-state index contributed by atoms with van der Waals surface area (Å²) in [6.45, 7) is 6.74. The fraction of sp³-hybridized carbons (Fsp3) is 0.444. The van der Waals surface area contributed by atoms with Crippen LogP contribution in [0.25, 0.3) is 0 Å². The topological polar surface area (TPSA) is 103 Å². The number of alkyl carbamates (subject to hydrolysis) is 1. The van der Waals surface area contributed by atoms with Crippen LogP contribution < -0.4 is 14.8 Å². The van der Waals surface area contributed by atoms with Crippen molar-refractivity contribution in [1.82, 2.24) is 10.2 Å². The lowest BCUT2D eigenvalue weighted by Crippen LogP contribution is -2.54. The molecule has 9 nitrogen and oxygen atoms in total. The number of carbonyl (C=O) groups excluding carboxylic acids is 3. The summed E-state index contributed by atoms with van der Waals surface area (Å²) >= 11 is 0. The maximum atomic E-state index is 13.7. The molecule has 0 saturated heterocycles. The number of rotatable bonds is 7. The molecule has 0 aromatic heterocycles. The van der Waals surface area contributed by atoms with Crippen LogP contribution in [0.15, 0.2) is 42.5 Å². The van der Waals surface area contributed by atoms with Crippen LogP contribution in [0.2, 0.25) is 0 Å². The molecule has 2 aromatic carbocycles. The van der Waals surface area contributed by atoms with Crippen molar-refractivity contribution < 1.29 is 33.3 Å². The normalized spacial score (nSPS) is 17.0. The first-order valence-corrected chi connectivity index (χ1v) is 11.8. The Labute approximate surface area is 211 Å². The Hall–Kier alpha value is -3.75. The van der Waals surface area contributed by atoms with Gasteiger partial charge in [-0.05, 0) is 56.5 Å². The van der Waals surface area contributed by atoms with E-state index in [2.05, 4.69) is 5.32 Å². The van der Waals surface area contributed by atoms with E-state index in [4.69, 9.17) is 18.9 Å². The molecule has 36 heavy (non-hydrogen) atoms. The Kier molecular flexibility index (Phi) is 8.45. The fourth-order valence-electron chi connectivity index (χ4n) is 4.29. The molecular weight excluding hydrogens is 464 g/mol. The van der Waals surface area contributed by atoms with E-state index in [0.717, 1.165) is 16.7 Å². The molecule has 0 bridgehead atoms. The van der Waals surface area contributed by atoms with E-state index in [-0.39, 0.29) is 19.6 Å². The number of nitrogens with zero attached hydrogens (tertiary/aromatic N) is 1. The largest absolute Gasteiger partial charge is 0.493 e. The van der Waals surface area contributed by atoms with E-state index in [1.165, 1.54) is 4.90 Å². The average Bonchev–Trinajstić information content (AvgIpc) is 2.84. The minimum atomic E-state index is -0.909. The summed E-state index contributed by atoms with van der Waals surface area (Å²) in [5, 5.41) is 2.52. The van der Waals surface area contributed by atoms with Crippen molar-refractivity contribution in [3.8, 4) is 11.5 Å². The second-order valence-corrected chi connectivity index (χ2v) is 9.35. The number of hydrogen-bond acceptors (Lipinski definition) is 7. The van der Waals surface area contributed by atoms with Gasteiger partial charge in [0.25, 0.3) is 0 Å². The Bertz CT molecular complexity index is 1100. The zero-order valence-electron chi connectivity index (χ0n) is 21.6. The summed E-state index contributed by atoms with van der Waals surface area (Å²) in [4.78, 5) is 40.5. The number of esters is 1. The highest BCUT2D eigenvalue weighted by atomic mass is 16.6. The molecule has 2 amide bonds. The maximum absolute atomic E-state index is 13.7. The van der Waals surface area contributed by atoms with E-state index in [0.29, 0.717) is 11.5 Å². The van der Waals surface area contributed by atoms with Crippen LogP contribution in [-0.4, -0.2) is 61.9 Å². The average molecular weight is 499 g/mol. The van der Waals surface area contributed by atoms with Gasteiger partial charge in [0.15, 0.2) is 11.5 Å². The van der Waals surface area contributed by atoms with Gasteiger partial charge < -0.3 is 29.2 Å². The van der Waals surface area contributed by atoms with Crippen LogP contribution in [0.5, 0.6) is 11.5 Å². The zero-order chi connectivity index (χ0) is 26.5. The molecule has 0 aliphatic carbocycles. The van der Waals surface area contributed by atoms with Crippen LogP contribution in [0, 0.1) is 0 Å². The van der Waals surface area contributed by atoms with Gasteiger partial charge in [0.2, 0.25) is 5.91 Å². The Morgan fingerprint density at radius 3 is 2.25 bits per heavy atom. The summed E-state index contributed by atoms with van der Waals surface area (Å²) in [5.74, 6) is 0.0563. The second-order valence-electron chi connectivity index (χ2n) is 9.35. The molecule has 0 radical (unpaired) electrons. The van der Waals surface area contributed by atoms with Gasteiger partial charge in [0, 0.05) is 6.42 Å². The lowest BCUT2D eigenvalue weighted by Gasteiger charge is -2.42. The van der Waals surface area contributed by atoms with Gasteiger partial charge >= 0.3 is 12.1 Å². The number of ether oxygens (including phenoxy) is 4. The predicted octanol–water partition coefficient (Wildman–Crippen LogP) is 3.63. The third-order valence-electron chi connectivity index (χ3n) is 5.71. The van der Waals surface area contributed by atoms with E-state index < -0.39 is 35.7 Å². The number of methoxy groups -OCH3 is 2. The van der Waals surface area contributed by atoms with E-state index in [1.807, 2.05) is 42.5 Å². The summed E-state index contributed by atoms with van der Waals surface area (Å²) in [6.07, 6.45) is -0.501. The molecule has 2 aromatic rings. The first-order chi connectivity index (χ1) is 17.1. The Morgan fingerprint density at radius 1 is 1.03 bits per heavy atom. The number of amides is 2. The first-order valence-electron chi connectivity index (χ1n) is 11.8. The molecule has 2 atom stereocenters. The molecule has 1 aliphatic rings. The summed E-state index contributed by atoms with van der Waals surface area (Å²) in [5.41, 5.74) is 1.71. The smallest absolute Gasteiger partial charge is 0.408 e. The highest BCUT2D eigenvalue weighted by Crippen LogP contribution is 2.43. The molecule has 3 rings (SSSR count). The first kappa shape index (κ1) is 26.8. The Morgan fingerprint density at radius 2 is 1.67 bits per heavy atom. The molecule has 0 spiro atoms. The summed E-state index contributed by atoms with van der Waals surface area (Å²) < 4.78 is 21.6. The monoisotopic (exact) mass is 498 g/mol. The van der Waals surface area contributed by atoms with Crippen LogP contribution in [0.3, 0.4) is 0 Å². The van der Waals surface area contributed by atoms with Gasteiger partial charge in [-0.1, -0.05) is 30.3 Å². The third-order valence-corrected chi connectivity index (χ3v) is 5.71. The number of nitrogens with one attached hydrogen (secondary N) is 1. The minimum Gasteiger partial charge on any atom is -0.493 e. The number of carbonyl (C=O) groups is 3. The summed E-state index contributed by atoms with van der Waals surface area (Å²) in [7, 11) is 3.09. The van der Waals surface area contributed by atoms with Crippen LogP contribution in [0.4, 0.5) is 4.79 Å². The van der Waals surface area contributed by atoms with Crippen molar-refractivity contribution in [2.45, 2.75) is 51.8 Å². The zero-order valence-corrected chi connectivity index (χ0v) is 21.6. The van der Waals surface area contributed by atoms with Gasteiger partial charge in [-0.3, -0.25) is 4.79 Å². The quantitative estimate of drug-likeness (QED) is 0.582. The van der Waals surface area contributed by atoms with Gasteiger partial charge in [-0.25, -0.2) is 9.59 Å². The number of benzene rings is 2. The second kappa shape index (κ2) is 11.3.